The maximum Gasteiger partial charge on any atom is 0.255 e. The largest absolute Gasteiger partial charge is 0.378 e. The van der Waals surface area contributed by atoms with E-state index < -0.39 is 6.17 Å². The Bertz CT molecular complexity index is 713. The van der Waals surface area contributed by atoms with Crippen molar-refractivity contribution < 1.29 is 13.9 Å². The highest BCUT2D eigenvalue weighted by Gasteiger charge is 2.28. The van der Waals surface area contributed by atoms with Gasteiger partial charge in [-0.3, -0.25) is 4.79 Å². The number of ether oxygens (including phenoxy) is 1. The molecular weight excluding hydrogens is 371 g/mol. The quantitative estimate of drug-likeness (QED) is 0.735. The Labute approximate surface area is 173 Å². The minimum Gasteiger partial charge on any atom is -0.378 e. The summed E-state index contributed by atoms with van der Waals surface area (Å²) < 4.78 is 19.4. The number of aromatic nitrogens is 1. The van der Waals surface area contributed by atoms with Crippen molar-refractivity contribution in [1.29, 1.82) is 0 Å². The van der Waals surface area contributed by atoms with Gasteiger partial charge in [0.2, 0.25) is 0 Å². The molecule has 1 N–H and O–H groups in total. The minimum absolute atomic E-state index is 0.116. The van der Waals surface area contributed by atoms with E-state index in [2.05, 4.69) is 31.0 Å². The molecule has 0 aliphatic carbocycles. The molecule has 1 atom stereocenters. The van der Waals surface area contributed by atoms with Crippen LogP contribution in [0.1, 0.15) is 56.1 Å². The van der Waals surface area contributed by atoms with Gasteiger partial charge in [0.05, 0.1) is 30.2 Å². The van der Waals surface area contributed by atoms with E-state index in [4.69, 9.17) is 9.72 Å². The molecule has 0 saturated carbocycles. The average Bonchev–Trinajstić information content (AvgIpc) is 3.10. The normalized spacial score (nSPS) is 20.2. The van der Waals surface area contributed by atoms with Gasteiger partial charge in [-0.2, -0.15) is 0 Å². The van der Waals surface area contributed by atoms with E-state index in [9.17, 15) is 9.18 Å². The van der Waals surface area contributed by atoms with Crippen LogP contribution in [0.2, 0.25) is 0 Å². The first kappa shape index (κ1) is 21.8. The van der Waals surface area contributed by atoms with Crippen LogP contribution in [0, 0.1) is 12.3 Å². The fourth-order valence-electron chi connectivity index (χ4n) is 3.97. The van der Waals surface area contributed by atoms with Gasteiger partial charge in [-0.1, -0.05) is 20.8 Å². The number of carbonyl (C=O) groups excluding carboxylic acids is 1. The summed E-state index contributed by atoms with van der Waals surface area (Å²) in [7, 11) is 0. The number of anilines is 2. The highest BCUT2D eigenvalue weighted by Crippen LogP contribution is 2.31. The van der Waals surface area contributed by atoms with Crippen LogP contribution in [0.3, 0.4) is 0 Å². The lowest BCUT2D eigenvalue weighted by atomic mass is 9.91. The van der Waals surface area contributed by atoms with Crippen molar-refractivity contribution in [1.82, 2.24) is 10.3 Å². The monoisotopic (exact) mass is 406 g/mol. The third kappa shape index (κ3) is 5.81. The van der Waals surface area contributed by atoms with Gasteiger partial charge in [0.1, 0.15) is 12.0 Å². The molecule has 6 nitrogen and oxygen atoms in total. The molecule has 2 saturated heterocycles. The number of hydrogen-bond donors (Lipinski definition) is 1. The summed E-state index contributed by atoms with van der Waals surface area (Å²) >= 11 is 0. The van der Waals surface area contributed by atoms with Crippen LogP contribution in [0.4, 0.5) is 15.9 Å². The molecule has 7 heteroatoms. The molecule has 2 aliphatic rings. The van der Waals surface area contributed by atoms with Gasteiger partial charge in [-0.05, 0) is 31.6 Å². The molecule has 0 aromatic carbocycles. The fraction of sp³-hybridized carbons (Fsp3) is 0.727. The highest BCUT2D eigenvalue weighted by molar-refractivity contribution is 6.01. The van der Waals surface area contributed by atoms with Crippen LogP contribution in [0.5, 0.6) is 0 Å². The van der Waals surface area contributed by atoms with E-state index >= 15 is 0 Å². The molecule has 0 unspecified atom stereocenters. The second-order valence-corrected chi connectivity index (χ2v) is 9.31. The number of amides is 1. The number of aryl methyl sites for hydroxylation is 1. The van der Waals surface area contributed by atoms with Gasteiger partial charge in [0, 0.05) is 38.8 Å². The molecule has 1 aromatic heterocycles. The summed E-state index contributed by atoms with van der Waals surface area (Å²) in [5, 5.41) is 3.05. The molecule has 162 valence electrons. The van der Waals surface area contributed by atoms with Crippen LogP contribution in [-0.4, -0.2) is 63.0 Å². The van der Waals surface area contributed by atoms with Crippen LogP contribution in [-0.2, 0) is 4.74 Å². The Morgan fingerprint density at radius 1 is 1.28 bits per heavy atom. The number of morpholine rings is 1. The van der Waals surface area contributed by atoms with Gasteiger partial charge in [0.15, 0.2) is 0 Å². The van der Waals surface area contributed by atoms with E-state index in [1.165, 1.54) is 0 Å². The van der Waals surface area contributed by atoms with Gasteiger partial charge in [0.25, 0.3) is 5.91 Å². The lowest BCUT2D eigenvalue weighted by molar-refractivity contribution is 0.0951. The van der Waals surface area contributed by atoms with Crippen molar-refractivity contribution in [2.75, 3.05) is 55.7 Å². The van der Waals surface area contributed by atoms with Gasteiger partial charge < -0.3 is 19.9 Å². The number of pyridine rings is 1. The standard InChI is InChI=1S/C22H35FN4O2/c1-16-20(21(28)24-8-5-7-22(2,3)4)18(27-9-6-17(23)15-27)14-19(25-16)26-10-12-29-13-11-26/h14,17H,5-13,15H2,1-4H3,(H,24,28)/t17-/m1/s1. The van der Waals surface area contributed by atoms with E-state index in [1.807, 2.05) is 17.9 Å². The van der Waals surface area contributed by atoms with Crippen molar-refractivity contribution in [3.8, 4) is 0 Å². The lowest BCUT2D eigenvalue weighted by Gasteiger charge is -2.30. The van der Waals surface area contributed by atoms with Crippen LogP contribution in [0.15, 0.2) is 6.07 Å². The smallest absolute Gasteiger partial charge is 0.255 e. The number of nitrogens with zero attached hydrogens (tertiary/aromatic N) is 3. The lowest BCUT2D eigenvalue weighted by Crippen LogP contribution is -2.37. The Kier molecular flexibility index (Phi) is 6.98. The van der Waals surface area contributed by atoms with Crippen LogP contribution < -0.4 is 15.1 Å². The van der Waals surface area contributed by atoms with Crippen molar-refractivity contribution in [3.63, 3.8) is 0 Å². The fourth-order valence-corrected chi connectivity index (χ4v) is 3.97. The predicted octanol–water partition coefficient (Wildman–Crippen LogP) is 3.33. The molecule has 1 amide bonds. The number of hydrogen-bond acceptors (Lipinski definition) is 5. The van der Waals surface area contributed by atoms with Crippen molar-refractivity contribution in [2.45, 2.75) is 53.1 Å². The first-order chi connectivity index (χ1) is 13.7. The summed E-state index contributed by atoms with van der Waals surface area (Å²) in [4.78, 5) is 21.9. The molecule has 0 bridgehead atoms. The van der Waals surface area contributed by atoms with E-state index in [0.717, 1.165) is 37.4 Å². The minimum atomic E-state index is -0.849. The maximum atomic E-state index is 13.9. The molecule has 29 heavy (non-hydrogen) atoms. The summed E-state index contributed by atoms with van der Waals surface area (Å²) in [5.74, 6) is 0.724. The molecule has 2 aliphatic heterocycles. The first-order valence-corrected chi connectivity index (χ1v) is 10.8. The Balaban J connectivity index is 1.81. The SMILES string of the molecule is Cc1nc(N2CCOCC2)cc(N2CC[C@@H](F)C2)c1C(=O)NCCCC(C)(C)C. The molecular formula is C22H35FN4O2. The predicted molar refractivity (Wildman–Crippen MR) is 115 cm³/mol. The second-order valence-electron chi connectivity index (χ2n) is 9.31. The van der Waals surface area contributed by atoms with Crippen molar-refractivity contribution in [2.24, 2.45) is 5.41 Å². The number of rotatable bonds is 6. The molecule has 0 spiro atoms. The van der Waals surface area contributed by atoms with E-state index in [0.29, 0.717) is 50.5 Å². The third-order valence-electron chi connectivity index (χ3n) is 5.59. The van der Waals surface area contributed by atoms with E-state index in [-0.39, 0.29) is 11.3 Å². The van der Waals surface area contributed by atoms with Gasteiger partial charge in [-0.25, -0.2) is 9.37 Å². The van der Waals surface area contributed by atoms with E-state index in [1.54, 1.807) is 0 Å². The first-order valence-electron chi connectivity index (χ1n) is 10.8. The topological polar surface area (TPSA) is 57.7 Å². The zero-order valence-electron chi connectivity index (χ0n) is 18.3. The van der Waals surface area contributed by atoms with Gasteiger partial charge in [-0.15, -0.1) is 0 Å². The Hall–Kier alpha value is -1.89. The zero-order chi connectivity index (χ0) is 21.0. The summed E-state index contributed by atoms with van der Waals surface area (Å²) in [6.07, 6.45) is 1.63. The molecule has 0 radical (unpaired) electrons. The van der Waals surface area contributed by atoms with Crippen molar-refractivity contribution in [3.05, 3.63) is 17.3 Å². The van der Waals surface area contributed by atoms with Crippen LogP contribution >= 0.6 is 0 Å². The molecule has 3 rings (SSSR count). The number of nitrogens with one attached hydrogen (secondary N) is 1. The van der Waals surface area contributed by atoms with Gasteiger partial charge >= 0.3 is 0 Å². The second kappa shape index (κ2) is 9.28. The summed E-state index contributed by atoms with van der Waals surface area (Å²) in [6, 6.07) is 1.96. The van der Waals surface area contributed by atoms with Crippen LogP contribution in [0.25, 0.3) is 0 Å². The molecule has 3 heterocycles. The summed E-state index contributed by atoms with van der Waals surface area (Å²) in [6.45, 7) is 12.9. The summed E-state index contributed by atoms with van der Waals surface area (Å²) in [5.41, 5.74) is 2.32. The molecule has 1 aromatic rings. The molecule has 2 fully saturated rings. The zero-order valence-corrected chi connectivity index (χ0v) is 18.3. The Morgan fingerprint density at radius 2 is 2.00 bits per heavy atom. The maximum absolute atomic E-state index is 13.9. The number of carbonyl (C=O) groups is 1. The highest BCUT2D eigenvalue weighted by atomic mass is 19.1. The Morgan fingerprint density at radius 3 is 2.62 bits per heavy atom. The van der Waals surface area contributed by atoms with Crippen molar-refractivity contribution >= 4 is 17.4 Å². The number of halogens is 1. The third-order valence-corrected chi connectivity index (χ3v) is 5.59. The number of alkyl halides is 1. The average molecular weight is 407 g/mol.